The molecule has 1 aromatic heterocycles. The zero-order valence-electron chi connectivity index (χ0n) is 9.72. The summed E-state index contributed by atoms with van der Waals surface area (Å²) in [5.41, 5.74) is 6.60. The number of morpholine rings is 1. The molecular weight excluding hydrogens is 260 g/mol. The monoisotopic (exact) mass is 276 g/mol. The van der Waals surface area contributed by atoms with Crippen molar-refractivity contribution < 1.29 is 9.53 Å². The van der Waals surface area contributed by atoms with E-state index in [0.717, 1.165) is 10.4 Å². The van der Waals surface area contributed by atoms with Crippen LogP contribution in [-0.4, -0.2) is 43.2 Å². The van der Waals surface area contributed by atoms with Crippen molar-refractivity contribution in [1.82, 2.24) is 4.90 Å². The molecule has 0 saturated carbocycles. The Labute approximate surface area is 111 Å². The molecule has 0 aliphatic carbocycles. The highest BCUT2D eigenvalue weighted by Crippen LogP contribution is 2.19. The summed E-state index contributed by atoms with van der Waals surface area (Å²) in [4.78, 5) is 14.8. The van der Waals surface area contributed by atoms with Crippen molar-refractivity contribution >= 4 is 29.7 Å². The first-order valence-corrected chi connectivity index (χ1v) is 6.25. The van der Waals surface area contributed by atoms with E-state index in [9.17, 15) is 4.79 Å². The number of nitrogens with zero attached hydrogens (tertiary/aromatic N) is 1. The third kappa shape index (κ3) is 3.19. The minimum atomic E-state index is -0.0158. The number of carbonyl (C=O) groups excluding carboxylic acids is 1. The molecule has 2 rings (SSSR count). The Morgan fingerprint density at radius 3 is 3.06 bits per heavy atom. The van der Waals surface area contributed by atoms with Gasteiger partial charge in [0.2, 0.25) is 0 Å². The van der Waals surface area contributed by atoms with Gasteiger partial charge in [0.1, 0.15) is 0 Å². The maximum Gasteiger partial charge on any atom is 0.264 e. The van der Waals surface area contributed by atoms with Gasteiger partial charge in [-0.15, -0.1) is 23.7 Å². The number of ether oxygens (including phenoxy) is 1. The van der Waals surface area contributed by atoms with Gasteiger partial charge in [-0.25, -0.2) is 0 Å². The quantitative estimate of drug-likeness (QED) is 0.885. The average Bonchev–Trinajstić information content (AvgIpc) is 2.74. The van der Waals surface area contributed by atoms with Crippen molar-refractivity contribution in [2.75, 3.05) is 26.2 Å². The highest BCUT2D eigenvalue weighted by Gasteiger charge is 2.25. The van der Waals surface area contributed by atoms with Gasteiger partial charge < -0.3 is 15.4 Å². The Morgan fingerprint density at radius 2 is 2.47 bits per heavy atom. The van der Waals surface area contributed by atoms with Gasteiger partial charge in [-0.3, -0.25) is 4.79 Å². The molecule has 0 bridgehead atoms. The Balaban J connectivity index is 0.00000144. The fraction of sp³-hybridized carbons (Fsp3) is 0.545. The van der Waals surface area contributed by atoms with Gasteiger partial charge in [0, 0.05) is 19.6 Å². The van der Waals surface area contributed by atoms with E-state index in [1.54, 1.807) is 0 Å². The van der Waals surface area contributed by atoms with Crippen LogP contribution >= 0.6 is 23.7 Å². The van der Waals surface area contributed by atoms with E-state index in [2.05, 4.69) is 0 Å². The largest absolute Gasteiger partial charge is 0.373 e. The average molecular weight is 277 g/mol. The maximum atomic E-state index is 12.2. The van der Waals surface area contributed by atoms with Crippen LogP contribution in [0.25, 0.3) is 0 Å². The molecule has 1 unspecified atom stereocenters. The number of halogens is 1. The number of carbonyl (C=O) groups is 1. The highest BCUT2D eigenvalue weighted by atomic mass is 35.5. The van der Waals surface area contributed by atoms with Crippen molar-refractivity contribution in [3.8, 4) is 0 Å². The highest BCUT2D eigenvalue weighted by molar-refractivity contribution is 7.12. The van der Waals surface area contributed by atoms with Crippen LogP contribution in [-0.2, 0) is 4.74 Å². The van der Waals surface area contributed by atoms with Crippen molar-refractivity contribution in [2.24, 2.45) is 5.73 Å². The van der Waals surface area contributed by atoms with Crippen LogP contribution in [0.1, 0.15) is 15.2 Å². The zero-order chi connectivity index (χ0) is 11.5. The first kappa shape index (κ1) is 14.4. The van der Waals surface area contributed by atoms with Gasteiger partial charge in [0.15, 0.2) is 0 Å². The summed E-state index contributed by atoms with van der Waals surface area (Å²) in [5.74, 6) is 0.106. The SMILES string of the molecule is Cc1ccsc1C(=O)N1CCOC(CN)C1.Cl. The van der Waals surface area contributed by atoms with Crippen molar-refractivity contribution in [3.63, 3.8) is 0 Å². The zero-order valence-corrected chi connectivity index (χ0v) is 11.4. The predicted octanol–water partition coefficient (Wildman–Crippen LogP) is 1.28. The van der Waals surface area contributed by atoms with Crippen LogP contribution in [0.15, 0.2) is 11.4 Å². The maximum absolute atomic E-state index is 12.2. The van der Waals surface area contributed by atoms with E-state index < -0.39 is 0 Å². The fourth-order valence-corrected chi connectivity index (χ4v) is 2.67. The Bertz CT molecular complexity index is 383. The summed E-state index contributed by atoms with van der Waals surface area (Å²) in [7, 11) is 0. The summed E-state index contributed by atoms with van der Waals surface area (Å²) < 4.78 is 5.44. The molecule has 17 heavy (non-hydrogen) atoms. The molecule has 1 aliphatic heterocycles. The molecule has 96 valence electrons. The predicted molar refractivity (Wildman–Crippen MR) is 71.0 cm³/mol. The number of nitrogens with two attached hydrogens (primary N) is 1. The van der Waals surface area contributed by atoms with Gasteiger partial charge >= 0.3 is 0 Å². The second-order valence-corrected chi connectivity index (χ2v) is 4.83. The van der Waals surface area contributed by atoms with Crippen LogP contribution in [0.4, 0.5) is 0 Å². The molecule has 1 atom stereocenters. The molecule has 2 heterocycles. The number of aryl methyl sites for hydroxylation is 1. The van der Waals surface area contributed by atoms with Gasteiger partial charge in [-0.05, 0) is 23.9 Å². The van der Waals surface area contributed by atoms with Gasteiger partial charge in [-0.2, -0.15) is 0 Å². The number of amides is 1. The van der Waals surface area contributed by atoms with Crippen LogP contribution in [0.3, 0.4) is 0 Å². The molecular formula is C11H17ClN2O2S. The second kappa shape index (κ2) is 6.35. The lowest BCUT2D eigenvalue weighted by molar-refractivity contribution is -0.0166. The molecule has 0 spiro atoms. The number of thiophene rings is 1. The second-order valence-electron chi connectivity index (χ2n) is 3.91. The first-order valence-electron chi connectivity index (χ1n) is 5.37. The molecule has 0 aromatic carbocycles. The summed E-state index contributed by atoms with van der Waals surface area (Å²) in [6, 6.07) is 1.97. The lowest BCUT2D eigenvalue weighted by atomic mass is 10.2. The first-order chi connectivity index (χ1) is 7.72. The minimum absolute atomic E-state index is 0. The van der Waals surface area contributed by atoms with E-state index in [0.29, 0.717) is 26.2 Å². The van der Waals surface area contributed by atoms with Crippen molar-refractivity contribution in [3.05, 3.63) is 21.9 Å². The standard InChI is InChI=1S/C11H16N2O2S.ClH/c1-8-2-5-16-10(8)11(14)13-3-4-15-9(6-12)7-13;/h2,5,9H,3-4,6-7,12H2,1H3;1H. The Hall–Kier alpha value is -0.620. The van der Waals surface area contributed by atoms with Crippen LogP contribution in [0.5, 0.6) is 0 Å². The van der Waals surface area contributed by atoms with E-state index in [1.807, 2.05) is 23.3 Å². The number of hydrogen-bond acceptors (Lipinski definition) is 4. The smallest absolute Gasteiger partial charge is 0.264 e. The number of rotatable bonds is 2. The third-order valence-electron chi connectivity index (χ3n) is 2.75. The molecule has 2 N–H and O–H groups in total. The van der Waals surface area contributed by atoms with Crippen LogP contribution < -0.4 is 5.73 Å². The van der Waals surface area contributed by atoms with E-state index in [4.69, 9.17) is 10.5 Å². The molecule has 1 saturated heterocycles. The Kier molecular flexibility index (Phi) is 5.39. The summed E-state index contributed by atoms with van der Waals surface area (Å²) in [6.07, 6.45) is -0.0158. The topological polar surface area (TPSA) is 55.6 Å². The van der Waals surface area contributed by atoms with Crippen LogP contribution in [0, 0.1) is 6.92 Å². The van der Waals surface area contributed by atoms with Gasteiger partial charge in [0.05, 0.1) is 17.6 Å². The van der Waals surface area contributed by atoms with Gasteiger partial charge in [-0.1, -0.05) is 0 Å². The molecule has 1 amide bonds. The van der Waals surface area contributed by atoms with E-state index >= 15 is 0 Å². The molecule has 1 aliphatic rings. The number of hydrogen-bond donors (Lipinski definition) is 1. The molecule has 6 heteroatoms. The minimum Gasteiger partial charge on any atom is -0.373 e. The van der Waals surface area contributed by atoms with Crippen molar-refractivity contribution in [1.29, 1.82) is 0 Å². The third-order valence-corrected chi connectivity index (χ3v) is 3.75. The Morgan fingerprint density at radius 1 is 1.71 bits per heavy atom. The lowest BCUT2D eigenvalue weighted by Crippen LogP contribution is -2.48. The van der Waals surface area contributed by atoms with Crippen molar-refractivity contribution in [2.45, 2.75) is 13.0 Å². The summed E-state index contributed by atoms with van der Waals surface area (Å²) in [6.45, 7) is 4.27. The summed E-state index contributed by atoms with van der Waals surface area (Å²) >= 11 is 1.50. The normalized spacial score (nSPS) is 19.9. The molecule has 4 nitrogen and oxygen atoms in total. The lowest BCUT2D eigenvalue weighted by Gasteiger charge is -2.32. The fourth-order valence-electron chi connectivity index (χ4n) is 1.78. The molecule has 0 radical (unpaired) electrons. The van der Waals surface area contributed by atoms with Crippen LogP contribution in [0.2, 0.25) is 0 Å². The molecule has 1 fully saturated rings. The van der Waals surface area contributed by atoms with E-state index in [1.165, 1.54) is 11.3 Å². The van der Waals surface area contributed by atoms with E-state index in [-0.39, 0.29) is 24.4 Å². The van der Waals surface area contributed by atoms with Gasteiger partial charge in [0.25, 0.3) is 5.91 Å². The summed E-state index contributed by atoms with van der Waals surface area (Å²) in [5, 5.41) is 1.95. The molecule has 1 aromatic rings.